The van der Waals surface area contributed by atoms with Crippen LogP contribution in [0.1, 0.15) is 52.2 Å². The summed E-state index contributed by atoms with van der Waals surface area (Å²) in [6, 6.07) is 30.6. The quantitative estimate of drug-likeness (QED) is 0.158. The second-order valence-electron chi connectivity index (χ2n) is 12.1. The third-order valence-corrected chi connectivity index (χ3v) is 9.04. The Morgan fingerprint density at radius 3 is 2.53 bits per heavy atom. The van der Waals surface area contributed by atoms with Crippen LogP contribution in [0.25, 0.3) is 11.0 Å². The number of para-hydroxylation sites is 1. The largest absolute Gasteiger partial charge is 0.353 e. The van der Waals surface area contributed by atoms with Crippen molar-refractivity contribution in [3.63, 3.8) is 0 Å². The molecule has 1 aromatic heterocycles. The van der Waals surface area contributed by atoms with Crippen molar-refractivity contribution in [3.8, 4) is 0 Å². The number of carbonyl (C=O) groups is 1. The van der Waals surface area contributed by atoms with Gasteiger partial charge in [-0.2, -0.15) is 0 Å². The highest BCUT2D eigenvalue weighted by Gasteiger charge is 2.23. The van der Waals surface area contributed by atoms with E-state index in [0.29, 0.717) is 24.6 Å². The number of rotatable bonds is 11. The lowest BCUT2D eigenvalue weighted by molar-refractivity contribution is 0.0782. The van der Waals surface area contributed by atoms with Crippen LogP contribution in [-0.4, -0.2) is 64.9 Å². The van der Waals surface area contributed by atoms with E-state index in [0.717, 1.165) is 77.6 Å². The van der Waals surface area contributed by atoms with Crippen LogP contribution >= 0.6 is 11.6 Å². The first-order valence-corrected chi connectivity index (χ1v) is 16.1. The number of fused-ring (bicyclic) bond motifs is 1. The van der Waals surface area contributed by atoms with Crippen LogP contribution in [0, 0.1) is 5.82 Å². The molecule has 1 atom stereocenters. The number of benzene rings is 4. The Bertz CT molecular complexity index is 1720. The summed E-state index contributed by atoms with van der Waals surface area (Å²) >= 11 is 6.37. The van der Waals surface area contributed by atoms with Gasteiger partial charge in [0.25, 0.3) is 5.91 Å². The standard InChI is InChI=1S/C37H39ClFN5O/c1-43(36(45)27-7-3-2-4-8-27)25-30(28-9-5-11-31(38)24-28)17-20-44-21-18-33(19-22-44)40-37-41-34-12-6-10-29(35(34)42-37)23-26-13-15-32(39)16-14-26/h2-16,24,30,33H,17-23,25H2,1H3,(H2,40,41,42). The maximum atomic E-state index is 13.4. The minimum absolute atomic E-state index is 0.0303. The van der Waals surface area contributed by atoms with Crippen LogP contribution in [0.2, 0.25) is 5.02 Å². The maximum absolute atomic E-state index is 13.4. The predicted octanol–water partition coefficient (Wildman–Crippen LogP) is 7.77. The molecule has 8 heteroatoms. The van der Waals surface area contributed by atoms with Gasteiger partial charge in [0.05, 0.1) is 11.0 Å². The molecule has 0 radical (unpaired) electrons. The summed E-state index contributed by atoms with van der Waals surface area (Å²) in [5.74, 6) is 0.778. The first-order chi connectivity index (χ1) is 21.9. The highest BCUT2D eigenvalue weighted by molar-refractivity contribution is 6.30. The van der Waals surface area contributed by atoms with Crippen LogP contribution in [0.15, 0.2) is 97.1 Å². The molecule has 0 saturated carbocycles. The van der Waals surface area contributed by atoms with Gasteiger partial charge in [-0.25, -0.2) is 9.37 Å². The fraction of sp³-hybridized carbons (Fsp3) is 0.297. The van der Waals surface area contributed by atoms with E-state index >= 15 is 0 Å². The lowest BCUT2D eigenvalue weighted by Crippen LogP contribution is -2.40. The number of hydrogen-bond donors (Lipinski definition) is 2. The Labute approximate surface area is 269 Å². The van der Waals surface area contributed by atoms with Crippen molar-refractivity contribution in [2.75, 3.05) is 38.5 Å². The number of anilines is 1. The molecule has 232 valence electrons. The highest BCUT2D eigenvalue weighted by Crippen LogP contribution is 2.27. The number of carbonyl (C=O) groups excluding carboxylic acids is 1. The van der Waals surface area contributed by atoms with E-state index in [4.69, 9.17) is 16.6 Å². The zero-order valence-corrected chi connectivity index (χ0v) is 26.3. The normalized spacial score (nSPS) is 14.8. The number of likely N-dealkylation sites (tertiary alicyclic amines) is 1. The molecule has 0 spiro atoms. The lowest BCUT2D eigenvalue weighted by atomic mass is 9.94. The molecule has 2 N–H and O–H groups in total. The van der Waals surface area contributed by atoms with E-state index in [1.807, 2.05) is 84.7 Å². The van der Waals surface area contributed by atoms with E-state index < -0.39 is 0 Å². The lowest BCUT2D eigenvalue weighted by Gasteiger charge is -2.33. The van der Waals surface area contributed by atoms with Gasteiger partial charge in [-0.1, -0.05) is 66.2 Å². The highest BCUT2D eigenvalue weighted by atomic mass is 35.5. The number of nitrogens with zero attached hydrogens (tertiary/aromatic N) is 3. The third-order valence-electron chi connectivity index (χ3n) is 8.81. The number of hydrogen-bond acceptors (Lipinski definition) is 4. The average molecular weight is 624 g/mol. The molecule has 1 unspecified atom stereocenters. The van der Waals surface area contributed by atoms with Crippen molar-refractivity contribution >= 4 is 34.5 Å². The molecule has 1 aliphatic heterocycles. The molecule has 2 heterocycles. The average Bonchev–Trinajstić information content (AvgIpc) is 3.48. The Kier molecular flexibility index (Phi) is 9.77. The first kappa shape index (κ1) is 30.8. The van der Waals surface area contributed by atoms with Gasteiger partial charge in [0.2, 0.25) is 5.95 Å². The molecule has 1 fully saturated rings. The number of H-pyrrole nitrogens is 1. The molecule has 0 aliphatic carbocycles. The molecule has 1 amide bonds. The molecule has 4 aromatic carbocycles. The minimum atomic E-state index is -0.224. The zero-order chi connectivity index (χ0) is 31.2. The third kappa shape index (κ3) is 7.91. The Morgan fingerprint density at radius 1 is 1.02 bits per heavy atom. The van der Waals surface area contributed by atoms with Gasteiger partial charge in [-0.15, -0.1) is 0 Å². The van der Waals surface area contributed by atoms with Gasteiger partial charge < -0.3 is 20.1 Å². The van der Waals surface area contributed by atoms with Crippen molar-refractivity contribution in [3.05, 3.63) is 130 Å². The molecule has 5 aromatic rings. The molecular weight excluding hydrogens is 585 g/mol. The summed E-state index contributed by atoms with van der Waals surface area (Å²) in [7, 11) is 1.88. The van der Waals surface area contributed by atoms with Crippen molar-refractivity contribution < 1.29 is 9.18 Å². The predicted molar refractivity (Wildman–Crippen MR) is 181 cm³/mol. The van der Waals surface area contributed by atoms with Gasteiger partial charge >= 0.3 is 0 Å². The summed E-state index contributed by atoms with van der Waals surface area (Å²) in [6.07, 6.45) is 3.68. The van der Waals surface area contributed by atoms with Gasteiger partial charge in [-0.3, -0.25) is 4.79 Å². The zero-order valence-electron chi connectivity index (χ0n) is 25.6. The van der Waals surface area contributed by atoms with E-state index in [-0.39, 0.29) is 17.6 Å². The fourth-order valence-corrected chi connectivity index (χ4v) is 6.49. The molecule has 45 heavy (non-hydrogen) atoms. The topological polar surface area (TPSA) is 64.3 Å². The Hall–Kier alpha value is -4.20. The summed E-state index contributed by atoms with van der Waals surface area (Å²) < 4.78 is 13.4. The summed E-state index contributed by atoms with van der Waals surface area (Å²) in [6.45, 7) is 3.57. The number of aromatic amines is 1. The SMILES string of the molecule is CN(CC(CCN1CCC(Nc2nc3c(Cc4ccc(F)cc4)cccc3[nH]2)CC1)c1cccc(Cl)c1)C(=O)c1ccccc1. The van der Waals surface area contributed by atoms with Crippen LogP contribution in [0.5, 0.6) is 0 Å². The Morgan fingerprint density at radius 2 is 1.78 bits per heavy atom. The van der Waals surface area contributed by atoms with Gasteiger partial charge in [0.1, 0.15) is 5.82 Å². The van der Waals surface area contributed by atoms with E-state index in [1.54, 1.807) is 0 Å². The number of likely N-dealkylation sites (N-methyl/N-ethyl adjacent to an activating group) is 1. The summed E-state index contributed by atoms with van der Waals surface area (Å²) in [5.41, 5.74) is 5.98. The Balaban J connectivity index is 1.04. The van der Waals surface area contributed by atoms with Crippen LogP contribution < -0.4 is 5.32 Å². The molecular formula is C37H39ClFN5O. The number of amides is 1. The van der Waals surface area contributed by atoms with Gasteiger partial charge in [0.15, 0.2) is 0 Å². The van der Waals surface area contributed by atoms with Gasteiger partial charge in [-0.05, 0) is 91.4 Å². The van der Waals surface area contributed by atoms with Crippen LogP contribution in [-0.2, 0) is 6.42 Å². The van der Waals surface area contributed by atoms with Crippen molar-refractivity contribution in [1.29, 1.82) is 0 Å². The monoisotopic (exact) mass is 623 g/mol. The van der Waals surface area contributed by atoms with Crippen molar-refractivity contribution in [2.24, 2.45) is 0 Å². The molecule has 1 saturated heterocycles. The smallest absolute Gasteiger partial charge is 0.253 e. The first-order valence-electron chi connectivity index (χ1n) is 15.7. The van der Waals surface area contributed by atoms with Crippen molar-refractivity contribution in [1.82, 2.24) is 19.8 Å². The maximum Gasteiger partial charge on any atom is 0.253 e. The number of nitrogens with one attached hydrogen (secondary N) is 2. The van der Waals surface area contributed by atoms with E-state index in [1.165, 1.54) is 12.1 Å². The van der Waals surface area contributed by atoms with Crippen molar-refractivity contribution in [2.45, 2.75) is 37.6 Å². The second kappa shape index (κ2) is 14.3. The number of aromatic nitrogens is 2. The van der Waals surface area contributed by atoms with E-state index in [9.17, 15) is 9.18 Å². The molecule has 1 aliphatic rings. The summed E-state index contributed by atoms with van der Waals surface area (Å²) in [5, 5.41) is 4.36. The molecule has 6 rings (SSSR count). The van der Waals surface area contributed by atoms with Crippen LogP contribution in [0.3, 0.4) is 0 Å². The molecule has 0 bridgehead atoms. The minimum Gasteiger partial charge on any atom is -0.353 e. The second-order valence-corrected chi connectivity index (χ2v) is 12.5. The van der Waals surface area contributed by atoms with E-state index in [2.05, 4.69) is 27.3 Å². The number of halogens is 2. The fourth-order valence-electron chi connectivity index (χ4n) is 6.30. The number of imidazole rings is 1. The van der Waals surface area contributed by atoms with Crippen LogP contribution in [0.4, 0.5) is 10.3 Å². The number of piperidine rings is 1. The van der Waals surface area contributed by atoms with Gasteiger partial charge in [0, 0.05) is 49.2 Å². The molecule has 6 nitrogen and oxygen atoms in total. The summed E-state index contributed by atoms with van der Waals surface area (Å²) in [4.78, 5) is 25.8.